The van der Waals surface area contributed by atoms with Crippen molar-refractivity contribution in [1.82, 2.24) is 15.3 Å². The summed E-state index contributed by atoms with van der Waals surface area (Å²) < 4.78 is 10.4. The Balaban J connectivity index is 2.60. The highest BCUT2D eigenvalue weighted by molar-refractivity contribution is 5.14. The third-order valence-corrected chi connectivity index (χ3v) is 2.22. The first kappa shape index (κ1) is 12.9. The molecule has 1 aromatic heterocycles. The summed E-state index contributed by atoms with van der Waals surface area (Å²) in [6.45, 7) is 3.21. The van der Waals surface area contributed by atoms with Gasteiger partial charge in [0, 0.05) is 31.3 Å². The van der Waals surface area contributed by atoms with Crippen LogP contribution in [0.2, 0.25) is 0 Å². The maximum Gasteiger partial charge on any atom is 0.216 e. The summed E-state index contributed by atoms with van der Waals surface area (Å²) >= 11 is 0. The van der Waals surface area contributed by atoms with Crippen LogP contribution in [0.4, 0.5) is 0 Å². The van der Waals surface area contributed by atoms with Crippen molar-refractivity contribution in [1.29, 1.82) is 0 Å². The number of methoxy groups -OCH3 is 1. The van der Waals surface area contributed by atoms with Crippen molar-refractivity contribution in [2.75, 3.05) is 27.4 Å². The second-order valence-corrected chi connectivity index (χ2v) is 3.43. The van der Waals surface area contributed by atoms with E-state index in [9.17, 15) is 0 Å². The van der Waals surface area contributed by atoms with E-state index >= 15 is 0 Å². The fraction of sp³-hybridized carbons (Fsp3) is 0.636. The van der Waals surface area contributed by atoms with E-state index in [1.54, 1.807) is 7.11 Å². The molecule has 90 valence electrons. The van der Waals surface area contributed by atoms with E-state index in [1.807, 2.05) is 20.0 Å². The first-order chi connectivity index (χ1) is 7.80. The zero-order valence-corrected chi connectivity index (χ0v) is 10.1. The number of hydrogen-bond acceptors (Lipinski definition) is 5. The van der Waals surface area contributed by atoms with Crippen LogP contribution < -0.4 is 10.1 Å². The number of nitrogens with one attached hydrogen (secondary N) is 1. The molecule has 5 heteroatoms. The van der Waals surface area contributed by atoms with Crippen LogP contribution in [-0.4, -0.2) is 43.4 Å². The second-order valence-electron chi connectivity index (χ2n) is 3.43. The van der Waals surface area contributed by atoms with Gasteiger partial charge >= 0.3 is 0 Å². The summed E-state index contributed by atoms with van der Waals surface area (Å²) in [7, 11) is 3.60. The van der Waals surface area contributed by atoms with Crippen molar-refractivity contribution in [3.05, 3.63) is 18.1 Å². The van der Waals surface area contributed by atoms with E-state index in [2.05, 4.69) is 15.3 Å². The second kappa shape index (κ2) is 7.14. The van der Waals surface area contributed by atoms with E-state index < -0.39 is 0 Å². The lowest BCUT2D eigenvalue weighted by Crippen LogP contribution is -2.32. The molecule has 0 aliphatic rings. The minimum Gasteiger partial charge on any atom is -0.478 e. The molecule has 1 rings (SSSR count). The van der Waals surface area contributed by atoms with E-state index in [0.717, 1.165) is 12.1 Å². The Labute approximate surface area is 96.2 Å². The molecule has 0 spiro atoms. The van der Waals surface area contributed by atoms with Crippen LogP contribution in [0.1, 0.15) is 12.6 Å². The molecule has 0 saturated heterocycles. The number of ether oxygens (including phenoxy) is 2. The fourth-order valence-electron chi connectivity index (χ4n) is 1.41. The van der Waals surface area contributed by atoms with Gasteiger partial charge in [-0.1, -0.05) is 0 Å². The highest BCUT2D eigenvalue weighted by atomic mass is 16.5. The average Bonchev–Trinajstić information content (AvgIpc) is 2.29. The van der Waals surface area contributed by atoms with Gasteiger partial charge in [0.1, 0.15) is 6.33 Å². The summed E-state index contributed by atoms with van der Waals surface area (Å²) in [5.74, 6) is 0.625. The predicted octanol–water partition coefficient (Wildman–Crippen LogP) is 0.652. The van der Waals surface area contributed by atoms with E-state index in [4.69, 9.17) is 9.47 Å². The topological polar surface area (TPSA) is 56.3 Å². The Morgan fingerprint density at radius 2 is 2.25 bits per heavy atom. The molecule has 0 aromatic carbocycles. The zero-order chi connectivity index (χ0) is 11.8. The van der Waals surface area contributed by atoms with E-state index in [1.165, 1.54) is 6.33 Å². The van der Waals surface area contributed by atoms with Crippen LogP contribution in [0.15, 0.2) is 12.4 Å². The summed E-state index contributed by atoms with van der Waals surface area (Å²) in [6, 6.07) is 2.12. The summed E-state index contributed by atoms with van der Waals surface area (Å²) in [4.78, 5) is 8.23. The van der Waals surface area contributed by atoms with Gasteiger partial charge in [0.25, 0.3) is 0 Å². The first-order valence-corrected chi connectivity index (χ1v) is 5.40. The third kappa shape index (κ3) is 4.12. The molecule has 0 fully saturated rings. The van der Waals surface area contributed by atoms with Crippen LogP contribution >= 0.6 is 0 Å². The van der Waals surface area contributed by atoms with Gasteiger partial charge in [-0.15, -0.1) is 0 Å². The molecule has 1 unspecified atom stereocenters. The van der Waals surface area contributed by atoms with Crippen molar-refractivity contribution in [2.45, 2.75) is 19.4 Å². The van der Waals surface area contributed by atoms with Crippen LogP contribution in [0.25, 0.3) is 0 Å². The summed E-state index contributed by atoms with van der Waals surface area (Å²) in [5.41, 5.74) is 0.954. The Bertz CT molecular complexity index is 307. The van der Waals surface area contributed by atoms with Gasteiger partial charge in [0.15, 0.2) is 0 Å². The Morgan fingerprint density at radius 3 is 2.88 bits per heavy atom. The van der Waals surface area contributed by atoms with Gasteiger partial charge in [-0.3, -0.25) is 0 Å². The molecule has 1 atom stereocenters. The van der Waals surface area contributed by atoms with Gasteiger partial charge < -0.3 is 14.8 Å². The summed E-state index contributed by atoms with van der Waals surface area (Å²) in [6.07, 6.45) is 2.33. The number of nitrogens with zero attached hydrogens (tertiary/aromatic N) is 2. The first-order valence-electron chi connectivity index (χ1n) is 5.40. The molecular formula is C11H19N3O2. The predicted molar refractivity (Wildman–Crippen MR) is 61.6 cm³/mol. The van der Waals surface area contributed by atoms with Gasteiger partial charge in [-0.05, 0) is 14.0 Å². The lowest BCUT2D eigenvalue weighted by atomic mass is 10.1. The Hall–Kier alpha value is -1.20. The normalized spacial score (nSPS) is 12.4. The molecular weight excluding hydrogens is 206 g/mol. The third-order valence-electron chi connectivity index (χ3n) is 2.22. The molecule has 0 aliphatic carbocycles. The van der Waals surface area contributed by atoms with Crippen LogP contribution in [-0.2, 0) is 11.2 Å². The maximum atomic E-state index is 5.32. The van der Waals surface area contributed by atoms with E-state index in [-0.39, 0.29) is 6.04 Å². The highest BCUT2D eigenvalue weighted by Gasteiger charge is 2.08. The highest BCUT2D eigenvalue weighted by Crippen LogP contribution is 2.08. The van der Waals surface area contributed by atoms with Crippen molar-refractivity contribution in [2.24, 2.45) is 0 Å². The van der Waals surface area contributed by atoms with Gasteiger partial charge in [-0.25, -0.2) is 9.97 Å². The molecule has 0 saturated carbocycles. The van der Waals surface area contributed by atoms with Crippen molar-refractivity contribution in [3.8, 4) is 5.88 Å². The number of likely N-dealkylation sites (N-methyl/N-ethyl adjacent to an activating group) is 1. The monoisotopic (exact) mass is 225 g/mol. The Kier molecular flexibility index (Phi) is 5.74. The molecule has 0 bridgehead atoms. The SMILES string of the molecule is CCOc1cc(CC(COC)NC)ncn1. The van der Waals surface area contributed by atoms with Gasteiger partial charge in [0.05, 0.1) is 13.2 Å². The van der Waals surface area contributed by atoms with Gasteiger partial charge in [-0.2, -0.15) is 0 Å². The Morgan fingerprint density at radius 1 is 1.44 bits per heavy atom. The molecule has 1 N–H and O–H groups in total. The van der Waals surface area contributed by atoms with Crippen molar-refractivity contribution >= 4 is 0 Å². The molecule has 1 heterocycles. The molecule has 16 heavy (non-hydrogen) atoms. The van der Waals surface area contributed by atoms with Crippen molar-refractivity contribution in [3.63, 3.8) is 0 Å². The fourth-order valence-corrected chi connectivity index (χ4v) is 1.41. The molecule has 0 radical (unpaired) electrons. The molecule has 5 nitrogen and oxygen atoms in total. The maximum absolute atomic E-state index is 5.32. The summed E-state index contributed by atoms with van der Waals surface area (Å²) in [5, 5.41) is 3.18. The van der Waals surface area contributed by atoms with Crippen LogP contribution in [0.5, 0.6) is 5.88 Å². The average molecular weight is 225 g/mol. The largest absolute Gasteiger partial charge is 0.478 e. The molecule has 1 aromatic rings. The minimum atomic E-state index is 0.259. The van der Waals surface area contributed by atoms with Crippen LogP contribution in [0.3, 0.4) is 0 Å². The standard InChI is InChI=1S/C11H19N3O2/c1-4-16-11-6-9(13-8-14-11)5-10(12-2)7-15-3/h6,8,10,12H,4-5,7H2,1-3H3. The van der Waals surface area contributed by atoms with Crippen LogP contribution in [0, 0.1) is 0 Å². The molecule has 0 aliphatic heterocycles. The zero-order valence-electron chi connectivity index (χ0n) is 10.1. The lowest BCUT2D eigenvalue weighted by molar-refractivity contribution is 0.169. The smallest absolute Gasteiger partial charge is 0.216 e. The lowest BCUT2D eigenvalue weighted by Gasteiger charge is -2.14. The minimum absolute atomic E-state index is 0.259. The van der Waals surface area contributed by atoms with Crippen molar-refractivity contribution < 1.29 is 9.47 Å². The number of aromatic nitrogens is 2. The quantitative estimate of drug-likeness (QED) is 0.738. The number of rotatable bonds is 7. The number of hydrogen-bond donors (Lipinski definition) is 1. The van der Waals surface area contributed by atoms with Gasteiger partial charge in [0.2, 0.25) is 5.88 Å². The van der Waals surface area contributed by atoms with E-state index in [0.29, 0.717) is 19.1 Å². The molecule has 0 amide bonds.